The zero-order valence-corrected chi connectivity index (χ0v) is 15.6. The largest absolute Gasteiger partial charge is 0.399 e. The zero-order chi connectivity index (χ0) is 16.9. The number of halogens is 1. The van der Waals surface area contributed by atoms with Gasteiger partial charge in [0.15, 0.2) is 0 Å². The van der Waals surface area contributed by atoms with Gasteiger partial charge in [0.2, 0.25) is 5.91 Å². The molecule has 0 saturated carbocycles. The molecule has 25 heavy (non-hydrogen) atoms. The number of hydrogen-bond acceptors (Lipinski definition) is 2. The lowest BCUT2D eigenvalue weighted by Crippen LogP contribution is -2.38. The summed E-state index contributed by atoms with van der Waals surface area (Å²) in [5.41, 5.74) is 10.3. The van der Waals surface area contributed by atoms with Gasteiger partial charge in [0.1, 0.15) is 0 Å². The highest BCUT2D eigenvalue weighted by atomic mass is 35.5. The first-order chi connectivity index (χ1) is 11.6. The van der Waals surface area contributed by atoms with E-state index in [1.165, 1.54) is 17.5 Å². The topological polar surface area (TPSA) is 46.3 Å². The molecular weight excluding hydrogens is 332 g/mol. The standard InChI is InChI=1S/C21H26N2O.ClH/c1-16-9-11-18(12-10-16)20-8-4-5-15-23(20)21(24)14-13-17-6-2-3-7-19(17)22;/h2-3,6-7,9-12,20H,4-5,8,13-15,22H2,1H3;1H. The number of hydrogen-bond donors (Lipinski definition) is 1. The van der Waals surface area contributed by atoms with Crippen LogP contribution in [0.25, 0.3) is 0 Å². The van der Waals surface area contributed by atoms with Crippen molar-refractivity contribution in [2.24, 2.45) is 0 Å². The first kappa shape index (κ1) is 19.3. The predicted octanol–water partition coefficient (Wildman–Crippen LogP) is 4.69. The Hall–Kier alpha value is -2.00. The third-order valence-corrected chi connectivity index (χ3v) is 4.95. The molecule has 2 aromatic rings. The number of aryl methyl sites for hydroxylation is 2. The third-order valence-electron chi connectivity index (χ3n) is 4.95. The lowest BCUT2D eigenvalue weighted by atomic mass is 9.94. The maximum absolute atomic E-state index is 12.8. The summed E-state index contributed by atoms with van der Waals surface area (Å²) in [7, 11) is 0. The molecular formula is C21H27ClN2O. The van der Waals surface area contributed by atoms with E-state index < -0.39 is 0 Å². The maximum atomic E-state index is 12.8. The number of amides is 1. The Bertz CT molecular complexity index is 699. The molecule has 1 aliphatic heterocycles. The van der Waals surface area contributed by atoms with Crippen molar-refractivity contribution in [3.8, 4) is 0 Å². The molecule has 1 heterocycles. The van der Waals surface area contributed by atoms with E-state index >= 15 is 0 Å². The molecule has 0 bridgehead atoms. The fraction of sp³-hybridized carbons (Fsp3) is 0.381. The van der Waals surface area contributed by atoms with Gasteiger partial charge in [-0.3, -0.25) is 4.79 Å². The van der Waals surface area contributed by atoms with E-state index in [0.717, 1.165) is 30.6 Å². The summed E-state index contributed by atoms with van der Waals surface area (Å²) < 4.78 is 0. The number of benzene rings is 2. The second-order valence-electron chi connectivity index (χ2n) is 6.71. The number of anilines is 1. The molecule has 134 valence electrons. The van der Waals surface area contributed by atoms with Crippen molar-refractivity contribution in [2.45, 2.75) is 45.1 Å². The van der Waals surface area contributed by atoms with Crippen LogP contribution in [0.4, 0.5) is 5.69 Å². The number of nitrogens with zero attached hydrogens (tertiary/aromatic N) is 1. The van der Waals surface area contributed by atoms with E-state index in [2.05, 4.69) is 36.1 Å². The Balaban J connectivity index is 0.00000225. The van der Waals surface area contributed by atoms with Crippen LogP contribution < -0.4 is 5.73 Å². The zero-order valence-electron chi connectivity index (χ0n) is 14.8. The number of carbonyl (C=O) groups excluding carboxylic acids is 1. The molecule has 1 aliphatic rings. The molecule has 1 saturated heterocycles. The van der Waals surface area contributed by atoms with E-state index in [0.29, 0.717) is 12.8 Å². The molecule has 0 aromatic heterocycles. The molecule has 1 amide bonds. The molecule has 1 unspecified atom stereocenters. The summed E-state index contributed by atoms with van der Waals surface area (Å²) >= 11 is 0. The van der Waals surface area contributed by atoms with Gasteiger partial charge in [-0.15, -0.1) is 12.4 Å². The van der Waals surface area contributed by atoms with E-state index in [9.17, 15) is 4.79 Å². The SMILES string of the molecule is Cc1ccc(C2CCCCN2C(=O)CCc2ccccc2N)cc1.Cl. The number of likely N-dealkylation sites (tertiary alicyclic amines) is 1. The summed E-state index contributed by atoms with van der Waals surface area (Å²) in [6.07, 6.45) is 4.58. The third kappa shape index (κ3) is 4.76. The average Bonchev–Trinajstić information content (AvgIpc) is 2.61. The van der Waals surface area contributed by atoms with Crippen molar-refractivity contribution in [1.82, 2.24) is 4.90 Å². The van der Waals surface area contributed by atoms with Crippen molar-refractivity contribution < 1.29 is 4.79 Å². The van der Waals surface area contributed by atoms with Crippen LogP contribution >= 0.6 is 12.4 Å². The van der Waals surface area contributed by atoms with Gasteiger partial charge in [0.25, 0.3) is 0 Å². The number of piperidine rings is 1. The Morgan fingerprint density at radius 2 is 1.84 bits per heavy atom. The van der Waals surface area contributed by atoms with Gasteiger partial charge < -0.3 is 10.6 Å². The van der Waals surface area contributed by atoms with Crippen molar-refractivity contribution in [3.63, 3.8) is 0 Å². The average molecular weight is 359 g/mol. The highest BCUT2D eigenvalue weighted by Gasteiger charge is 2.27. The predicted molar refractivity (Wildman–Crippen MR) is 106 cm³/mol. The molecule has 3 nitrogen and oxygen atoms in total. The van der Waals surface area contributed by atoms with Gasteiger partial charge >= 0.3 is 0 Å². The number of carbonyl (C=O) groups is 1. The Kier molecular flexibility index (Phi) is 6.89. The Morgan fingerprint density at radius 1 is 1.12 bits per heavy atom. The summed E-state index contributed by atoms with van der Waals surface area (Å²) in [6.45, 7) is 2.96. The van der Waals surface area contributed by atoms with Crippen LogP contribution in [0, 0.1) is 6.92 Å². The molecule has 0 aliphatic carbocycles. The summed E-state index contributed by atoms with van der Waals surface area (Å²) in [5, 5.41) is 0. The number of rotatable bonds is 4. The fourth-order valence-corrected chi connectivity index (χ4v) is 3.51. The molecule has 0 spiro atoms. The van der Waals surface area contributed by atoms with Crippen molar-refractivity contribution in [3.05, 3.63) is 65.2 Å². The van der Waals surface area contributed by atoms with E-state index in [-0.39, 0.29) is 24.4 Å². The minimum absolute atomic E-state index is 0. The number of nitrogens with two attached hydrogens (primary N) is 1. The minimum Gasteiger partial charge on any atom is -0.399 e. The Labute approximate surface area is 156 Å². The second kappa shape index (κ2) is 8.91. The smallest absolute Gasteiger partial charge is 0.223 e. The summed E-state index contributed by atoms with van der Waals surface area (Å²) in [5.74, 6) is 0.239. The molecule has 4 heteroatoms. The molecule has 1 fully saturated rings. The normalized spacial score (nSPS) is 17.0. The van der Waals surface area contributed by atoms with E-state index in [4.69, 9.17) is 5.73 Å². The van der Waals surface area contributed by atoms with Gasteiger partial charge in [-0.05, 0) is 49.8 Å². The van der Waals surface area contributed by atoms with Crippen molar-refractivity contribution >= 4 is 24.0 Å². The highest BCUT2D eigenvalue weighted by Crippen LogP contribution is 2.31. The monoisotopic (exact) mass is 358 g/mol. The van der Waals surface area contributed by atoms with Gasteiger partial charge in [-0.1, -0.05) is 48.0 Å². The first-order valence-corrected chi connectivity index (χ1v) is 8.84. The van der Waals surface area contributed by atoms with Crippen LogP contribution in [0.3, 0.4) is 0 Å². The second-order valence-corrected chi connectivity index (χ2v) is 6.71. The van der Waals surface area contributed by atoms with E-state index in [1.54, 1.807) is 0 Å². The van der Waals surface area contributed by atoms with E-state index in [1.807, 2.05) is 24.3 Å². The van der Waals surface area contributed by atoms with Crippen LogP contribution in [0.15, 0.2) is 48.5 Å². The minimum atomic E-state index is 0. The molecule has 2 N–H and O–H groups in total. The summed E-state index contributed by atoms with van der Waals surface area (Å²) in [6, 6.07) is 16.6. The first-order valence-electron chi connectivity index (χ1n) is 8.84. The van der Waals surface area contributed by atoms with Gasteiger partial charge in [-0.2, -0.15) is 0 Å². The van der Waals surface area contributed by atoms with Gasteiger partial charge in [0.05, 0.1) is 6.04 Å². The van der Waals surface area contributed by atoms with Crippen LogP contribution in [0.2, 0.25) is 0 Å². The van der Waals surface area contributed by atoms with Crippen LogP contribution in [-0.2, 0) is 11.2 Å². The highest BCUT2D eigenvalue weighted by molar-refractivity contribution is 5.85. The number of nitrogen functional groups attached to an aromatic ring is 1. The van der Waals surface area contributed by atoms with Crippen LogP contribution in [-0.4, -0.2) is 17.4 Å². The van der Waals surface area contributed by atoms with Crippen molar-refractivity contribution in [1.29, 1.82) is 0 Å². The fourth-order valence-electron chi connectivity index (χ4n) is 3.51. The lowest BCUT2D eigenvalue weighted by Gasteiger charge is -2.36. The maximum Gasteiger partial charge on any atom is 0.223 e. The molecule has 0 radical (unpaired) electrons. The summed E-state index contributed by atoms with van der Waals surface area (Å²) in [4.78, 5) is 14.9. The quantitative estimate of drug-likeness (QED) is 0.806. The van der Waals surface area contributed by atoms with Crippen molar-refractivity contribution in [2.75, 3.05) is 12.3 Å². The molecule has 2 aromatic carbocycles. The molecule has 3 rings (SSSR count). The van der Waals surface area contributed by atoms with Crippen LogP contribution in [0.1, 0.15) is 48.4 Å². The van der Waals surface area contributed by atoms with Gasteiger partial charge in [0, 0.05) is 18.7 Å². The Morgan fingerprint density at radius 3 is 2.56 bits per heavy atom. The van der Waals surface area contributed by atoms with Crippen LogP contribution in [0.5, 0.6) is 0 Å². The molecule has 1 atom stereocenters. The lowest BCUT2D eigenvalue weighted by molar-refractivity contribution is -0.135. The number of para-hydroxylation sites is 1. The van der Waals surface area contributed by atoms with Gasteiger partial charge in [-0.25, -0.2) is 0 Å².